The average Bonchev–Trinajstić information content (AvgIpc) is 2.78. The summed E-state index contributed by atoms with van der Waals surface area (Å²) in [7, 11) is 0. The summed E-state index contributed by atoms with van der Waals surface area (Å²) >= 11 is 0. The first-order chi connectivity index (χ1) is 8.20. The predicted octanol–water partition coefficient (Wildman–Crippen LogP) is 1.51. The zero-order valence-corrected chi connectivity index (χ0v) is 10.1. The number of hydrogen-bond acceptors (Lipinski definition) is 6. The standard InChI is InChI=1S/C11H15N5O/c1-4-12-7(2)11-15-10(16-17-11)9-5-6-13-8(3)14-9/h5-7,12H,4H2,1-3H3. The van der Waals surface area contributed by atoms with Crippen LogP contribution in [0, 0.1) is 6.92 Å². The summed E-state index contributed by atoms with van der Waals surface area (Å²) in [5.41, 5.74) is 0.677. The highest BCUT2D eigenvalue weighted by molar-refractivity contribution is 5.46. The number of rotatable bonds is 4. The van der Waals surface area contributed by atoms with Gasteiger partial charge in [-0.05, 0) is 26.5 Å². The van der Waals surface area contributed by atoms with Crippen LogP contribution in [0.5, 0.6) is 0 Å². The van der Waals surface area contributed by atoms with Gasteiger partial charge in [-0.25, -0.2) is 9.97 Å². The molecular weight excluding hydrogens is 218 g/mol. The number of nitrogens with zero attached hydrogens (tertiary/aromatic N) is 4. The Morgan fingerprint density at radius 1 is 1.41 bits per heavy atom. The third-order valence-electron chi connectivity index (χ3n) is 2.33. The van der Waals surface area contributed by atoms with E-state index in [-0.39, 0.29) is 6.04 Å². The molecule has 1 unspecified atom stereocenters. The highest BCUT2D eigenvalue weighted by Gasteiger charge is 2.14. The molecule has 2 aromatic heterocycles. The van der Waals surface area contributed by atoms with E-state index in [1.165, 1.54) is 0 Å². The second-order valence-electron chi connectivity index (χ2n) is 3.72. The monoisotopic (exact) mass is 233 g/mol. The molecule has 0 saturated carbocycles. The molecule has 0 saturated heterocycles. The summed E-state index contributed by atoms with van der Waals surface area (Å²) in [6, 6.07) is 1.81. The summed E-state index contributed by atoms with van der Waals surface area (Å²) in [6.07, 6.45) is 1.68. The van der Waals surface area contributed by atoms with Crippen LogP contribution in [0.15, 0.2) is 16.8 Å². The molecule has 1 N–H and O–H groups in total. The van der Waals surface area contributed by atoms with E-state index >= 15 is 0 Å². The molecule has 90 valence electrons. The van der Waals surface area contributed by atoms with E-state index in [1.807, 2.05) is 20.8 Å². The Bertz CT molecular complexity index is 496. The molecule has 2 rings (SSSR count). The molecule has 0 fully saturated rings. The minimum absolute atomic E-state index is 0.0455. The van der Waals surface area contributed by atoms with Gasteiger partial charge in [-0.3, -0.25) is 0 Å². The van der Waals surface area contributed by atoms with E-state index in [2.05, 4.69) is 25.4 Å². The fourth-order valence-electron chi connectivity index (χ4n) is 1.49. The molecule has 1 atom stereocenters. The van der Waals surface area contributed by atoms with E-state index in [0.717, 1.165) is 6.54 Å². The predicted molar refractivity (Wildman–Crippen MR) is 62.2 cm³/mol. The van der Waals surface area contributed by atoms with Crippen molar-refractivity contribution in [3.8, 4) is 11.5 Å². The maximum absolute atomic E-state index is 5.19. The first-order valence-electron chi connectivity index (χ1n) is 5.57. The van der Waals surface area contributed by atoms with Crippen LogP contribution in [0.25, 0.3) is 11.5 Å². The fraction of sp³-hybridized carbons (Fsp3) is 0.455. The molecule has 6 nitrogen and oxygen atoms in total. The van der Waals surface area contributed by atoms with Crippen molar-refractivity contribution in [1.29, 1.82) is 0 Å². The molecule has 6 heteroatoms. The summed E-state index contributed by atoms with van der Waals surface area (Å²) in [4.78, 5) is 12.6. The third kappa shape index (κ3) is 2.65. The Kier molecular flexibility index (Phi) is 3.43. The third-order valence-corrected chi connectivity index (χ3v) is 2.33. The Hall–Kier alpha value is -1.82. The molecule has 2 heterocycles. The van der Waals surface area contributed by atoms with Gasteiger partial charge in [0.15, 0.2) is 0 Å². The van der Waals surface area contributed by atoms with Crippen LogP contribution < -0.4 is 5.32 Å². The molecule has 0 aliphatic heterocycles. The highest BCUT2D eigenvalue weighted by Crippen LogP contribution is 2.16. The van der Waals surface area contributed by atoms with Gasteiger partial charge in [-0.2, -0.15) is 4.98 Å². The topological polar surface area (TPSA) is 76.7 Å². The summed E-state index contributed by atoms with van der Waals surface area (Å²) in [5.74, 6) is 1.75. The second kappa shape index (κ2) is 5.01. The summed E-state index contributed by atoms with van der Waals surface area (Å²) in [5, 5.41) is 7.12. The lowest BCUT2D eigenvalue weighted by molar-refractivity contribution is 0.342. The summed E-state index contributed by atoms with van der Waals surface area (Å²) < 4.78 is 5.19. The SMILES string of the molecule is CCNC(C)c1nc(-c2ccnc(C)n2)no1. The van der Waals surface area contributed by atoms with Crippen LogP contribution in [0.4, 0.5) is 0 Å². The van der Waals surface area contributed by atoms with Gasteiger partial charge in [0.2, 0.25) is 11.7 Å². The molecule has 0 aliphatic rings. The van der Waals surface area contributed by atoms with Gasteiger partial charge in [-0.1, -0.05) is 12.1 Å². The normalized spacial score (nSPS) is 12.6. The van der Waals surface area contributed by atoms with E-state index in [1.54, 1.807) is 12.3 Å². The highest BCUT2D eigenvalue weighted by atomic mass is 16.5. The molecule has 0 bridgehead atoms. The fourth-order valence-corrected chi connectivity index (χ4v) is 1.49. The summed E-state index contributed by atoms with van der Waals surface area (Å²) in [6.45, 7) is 6.69. The van der Waals surface area contributed by atoms with Crippen molar-refractivity contribution >= 4 is 0 Å². The van der Waals surface area contributed by atoms with Crippen LogP contribution >= 0.6 is 0 Å². The van der Waals surface area contributed by atoms with Crippen molar-refractivity contribution in [3.05, 3.63) is 24.0 Å². The smallest absolute Gasteiger partial charge is 0.243 e. The zero-order valence-electron chi connectivity index (χ0n) is 10.1. The minimum atomic E-state index is 0.0455. The number of aromatic nitrogens is 4. The van der Waals surface area contributed by atoms with Crippen molar-refractivity contribution in [2.24, 2.45) is 0 Å². The first-order valence-corrected chi connectivity index (χ1v) is 5.57. The maximum Gasteiger partial charge on any atom is 0.243 e. The van der Waals surface area contributed by atoms with Gasteiger partial charge >= 0.3 is 0 Å². The van der Waals surface area contributed by atoms with Crippen LogP contribution in [0.2, 0.25) is 0 Å². The van der Waals surface area contributed by atoms with Crippen LogP contribution in [-0.4, -0.2) is 26.7 Å². The quantitative estimate of drug-likeness (QED) is 0.862. The Labute approximate surface area is 99.5 Å². The Morgan fingerprint density at radius 2 is 2.24 bits per heavy atom. The van der Waals surface area contributed by atoms with Crippen LogP contribution in [0.1, 0.15) is 31.6 Å². The van der Waals surface area contributed by atoms with Crippen LogP contribution in [0.3, 0.4) is 0 Å². The molecule has 0 aliphatic carbocycles. The van der Waals surface area contributed by atoms with Crippen LogP contribution in [-0.2, 0) is 0 Å². The lowest BCUT2D eigenvalue weighted by Crippen LogP contribution is -2.17. The van der Waals surface area contributed by atoms with E-state index < -0.39 is 0 Å². The number of hydrogen-bond donors (Lipinski definition) is 1. The molecule has 0 spiro atoms. The maximum atomic E-state index is 5.19. The Balaban J connectivity index is 2.23. The number of nitrogens with one attached hydrogen (secondary N) is 1. The number of aryl methyl sites for hydroxylation is 1. The van der Waals surface area contributed by atoms with Gasteiger partial charge in [0.1, 0.15) is 11.5 Å². The van der Waals surface area contributed by atoms with Crippen molar-refractivity contribution in [1.82, 2.24) is 25.4 Å². The van der Waals surface area contributed by atoms with Crippen molar-refractivity contribution in [2.45, 2.75) is 26.8 Å². The molecule has 0 amide bonds. The Morgan fingerprint density at radius 3 is 2.94 bits per heavy atom. The van der Waals surface area contributed by atoms with Gasteiger partial charge < -0.3 is 9.84 Å². The minimum Gasteiger partial charge on any atom is -0.337 e. The second-order valence-corrected chi connectivity index (χ2v) is 3.72. The average molecular weight is 233 g/mol. The lowest BCUT2D eigenvalue weighted by Gasteiger charge is -2.04. The first kappa shape index (κ1) is 11.7. The lowest BCUT2D eigenvalue weighted by atomic mass is 10.3. The van der Waals surface area contributed by atoms with E-state index in [0.29, 0.717) is 23.2 Å². The van der Waals surface area contributed by atoms with Gasteiger partial charge in [0.25, 0.3) is 0 Å². The van der Waals surface area contributed by atoms with Crippen molar-refractivity contribution in [3.63, 3.8) is 0 Å². The van der Waals surface area contributed by atoms with E-state index in [4.69, 9.17) is 4.52 Å². The molecule has 0 radical (unpaired) electrons. The largest absolute Gasteiger partial charge is 0.337 e. The van der Waals surface area contributed by atoms with Gasteiger partial charge in [0.05, 0.1) is 6.04 Å². The van der Waals surface area contributed by atoms with E-state index in [9.17, 15) is 0 Å². The molecule has 2 aromatic rings. The zero-order chi connectivity index (χ0) is 12.3. The van der Waals surface area contributed by atoms with Gasteiger partial charge in [-0.15, -0.1) is 0 Å². The molecule has 0 aromatic carbocycles. The van der Waals surface area contributed by atoms with Crippen molar-refractivity contribution in [2.75, 3.05) is 6.54 Å². The van der Waals surface area contributed by atoms with Gasteiger partial charge in [0, 0.05) is 6.20 Å². The molecule has 17 heavy (non-hydrogen) atoms. The van der Waals surface area contributed by atoms with Crippen molar-refractivity contribution < 1.29 is 4.52 Å². The molecular formula is C11H15N5O.